The molecule has 4 heterocycles. The van der Waals surface area contributed by atoms with Crippen LogP contribution in [0.5, 0.6) is 0 Å². The van der Waals surface area contributed by atoms with Gasteiger partial charge in [0.2, 0.25) is 16.0 Å². The molecule has 5 rings (SSSR count). The number of hydrogen-bond donors (Lipinski definition) is 2. The zero-order valence-corrected chi connectivity index (χ0v) is 22.6. The second kappa shape index (κ2) is 10.2. The molecule has 2 fully saturated rings. The average Bonchev–Trinajstić information content (AvgIpc) is 3.14. The van der Waals surface area contributed by atoms with Gasteiger partial charge in [-0.1, -0.05) is 12.1 Å². The molecule has 1 aromatic heterocycles. The van der Waals surface area contributed by atoms with Crippen molar-refractivity contribution in [2.45, 2.75) is 75.5 Å². The number of amides is 2. The molecule has 3 aliphatic heterocycles. The molecule has 2 N–H and O–H groups in total. The van der Waals surface area contributed by atoms with Crippen LogP contribution >= 0.6 is 0 Å². The van der Waals surface area contributed by atoms with Crippen molar-refractivity contribution in [3.8, 4) is 0 Å². The first-order valence-corrected chi connectivity index (χ1v) is 14.4. The van der Waals surface area contributed by atoms with Crippen LogP contribution in [0.25, 0.3) is 0 Å². The molecule has 2 amide bonds. The van der Waals surface area contributed by atoms with Gasteiger partial charge in [-0.15, -0.1) is 0 Å². The molecule has 3 aliphatic rings. The van der Waals surface area contributed by atoms with Crippen molar-refractivity contribution >= 4 is 22.0 Å². The number of fused-ring (bicyclic) bond motifs is 1. The SMILES string of the molecule is Cc1cccc(S(=O)(=O)N2CCC[C@@H](NC(=O)N3Cc4nc(NC5CCOCC5)ncc4C3(C)C)C2)c1. The summed E-state index contributed by atoms with van der Waals surface area (Å²) >= 11 is 0. The molecular weight excluding hydrogens is 492 g/mol. The normalized spacial score (nSPS) is 22.5. The van der Waals surface area contributed by atoms with Crippen molar-refractivity contribution in [1.29, 1.82) is 0 Å². The third-order valence-electron chi connectivity index (χ3n) is 7.65. The van der Waals surface area contributed by atoms with Crippen molar-refractivity contribution in [3.63, 3.8) is 0 Å². The van der Waals surface area contributed by atoms with Crippen LogP contribution in [0.3, 0.4) is 0 Å². The highest BCUT2D eigenvalue weighted by Gasteiger charge is 2.43. The average molecular weight is 529 g/mol. The number of anilines is 1. The number of nitrogens with zero attached hydrogens (tertiary/aromatic N) is 4. The van der Waals surface area contributed by atoms with Crippen LogP contribution in [-0.4, -0.2) is 72.0 Å². The lowest BCUT2D eigenvalue weighted by Crippen LogP contribution is -2.54. The number of carbonyl (C=O) groups is 1. The number of hydrogen-bond acceptors (Lipinski definition) is 7. The summed E-state index contributed by atoms with van der Waals surface area (Å²) in [5.41, 5.74) is 2.07. The van der Waals surface area contributed by atoms with Crippen LogP contribution in [0.15, 0.2) is 35.4 Å². The Morgan fingerprint density at radius 3 is 2.70 bits per heavy atom. The summed E-state index contributed by atoms with van der Waals surface area (Å²) in [5, 5.41) is 6.50. The predicted octanol–water partition coefficient (Wildman–Crippen LogP) is 2.99. The summed E-state index contributed by atoms with van der Waals surface area (Å²) in [6.45, 7) is 8.39. The van der Waals surface area contributed by atoms with Crippen LogP contribution in [-0.2, 0) is 26.8 Å². The number of aryl methyl sites for hydroxylation is 1. The van der Waals surface area contributed by atoms with E-state index in [0.29, 0.717) is 30.4 Å². The second-order valence-electron chi connectivity index (χ2n) is 10.7. The summed E-state index contributed by atoms with van der Waals surface area (Å²) in [6, 6.07) is 6.74. The van der Waals surface area contributed by atoms with E-state index >= 15 is 0 Å². The molecular formula is C26H36N6O4S. The van der Waals surface area contributed by atoms with E-state index < -0.39 is 15.6 Å². The molecule has 0 aliphatic carbocycles. The van der Waals surface area contributed by atoms with Crippen LogP contribution in [0.1, 0.15) is 56.4 Å². The van der Waals surface area contributed by atoms with Gasteiger partial charge in [0.05, 0.1) is 22.7 Å². The van der Waals surface area contributed by atoms with Crippen LogP contribution in [0.2, 0.25) is 0 Å². The number of nitrogens with one attached hydrogen (secondary N) is 2. The van der Waals surface area contributed by atoms with Gasteiger partial charge >= 0.3 is 6.03 Å². The van der Waals surface area contributed by atoms with Crippen molar-refractivity contribution in [2.24, 2.45) is 0 Å². The standard InChI is InChI=1S/C26H36N6O4S/c1-18-6-4-8-21(14-18)37(34,35)31-11-5-7-20(16-31)29-25(33)32-17-23-22(26(32,2)3)15-27-24(30-23)28-19-9-12-36-13-10-19/h4,6,8,14-15,19-20H,5,7,9-13,16-17H2,1-3H3,(H,29,33)(H,27,28,30)/t20-/m1/s1. The molecule has 200 valence electrons. The molecule has 10 nitrogen and oxygen atoms in total. The second-order valence-corrected chi connectivity index (χ2v) is 12.6. The van der Waals surface area contributed by atoms with Crippen molar-refractivity contribution in [3.05, 3.63) is 47.3 Å². The number of carbonyl (C=O) groups excluding carboxylic acids is 1. The van der Waals surface area contributed by atoms with Crippen molar-refractivity contribution in [1.82, 2.24) is 24.5 Å². The first-order valence-electron chi connectivity index (χ1n) is 13.0. The quantitative estimate of drug-likeness (QED) is 0.613. The smallest absolute Gasteiger partial charge is 0.318 e. The van der Waals surface area contributed by atoms with Crippen molar-refractivity contribution in [2.75, 3.05) is 31.6 Å². The lowest BCUT2D eigenvalue weighted by atomic mass is 9.97. The van der Waals surface area contributed by atoms with E-state index in [-0.39, 0.29) is 24.7 Å². The van der Waals surface area contributed by atoms with E-state index in [1.807, 2.05) is 33.0 Å². The van der Waals surface area contributed by atoms with Gasteiger partial charge in [0.15, 0.2) is 0 Å². The highest BCUT2D eigenvalue weighted by molar-refractivity contribution is 7.89. The Kier molecular flexibility index (Phi) is 7.12. The minimum absolute atomic E-state index is 0.221. The number of sulfonamides is 1. The Balaban J connectivity index is 1.25. The van der Waals surface area contributed by atoms with Crippen LogP contribution in [0.4, 0.5) is 10.7 Å². The maximum absolute atomic E-state index is 13.4. The number of piperidine rings is 1. The Bertz CT molecular complexity index is 1260. The Hall–Kier alpha value is -2.76. The van der Waals surface area contributed by atoms with Gasteiger partial charge in [0.25, 0.3) is 0 Å². The molecule has 2 saturated heterocycles. The van der Waals surface area contributed by atoms with Gasteiger partial charge in [0, 0.05) is 50.1 Å². The van der Waals surface area contributed by atoms with Gasteiger partial charge in [-0.3, -0.25) is 0 Å². The zero-order chi connectivity index (χ0) is 26.2. The van der Waals surface area contributed by atoms with E-state index in [4.69, 9.17) is 9.72 Å². The highest BCUT2D eigenvalue weighted by Crippen LogP contribution is 2.38. The fourth-order valence-corrected chi connectivity index (χ4v) is 7.05. The lowest BCUT2D eigenvalue weighted by molar-refractivity contribution is 0.0903. The Morgan fingerprint density at radius 1 is 1.16 bits per heavy atom. The minimum atomic E-state index is -3.62. The number of ether oxygens (including phenoxy) is 1. The summed E-state index contributed by atoms with van der Waals surface area (Å²) in [6.07, 6.45) is 5.06. The van der Waals surface area contributed by atoms with Gasteiger partial charge in [-0.2, -0.15) is 4.31 Å². The molecule has 37 heavy (non-hydrogen) atoms. The van der Waals surface area contributed by atoms with E-state index in [0.717, 1.165) is 49.3 Å². The molecule has 1 aromatic carbocycles. The minimum Gasteiger partial charge on any atom is -0.381 e. The van der Waals surface area contributed by atoms with E-state index in [2.05, 4.69) is 15.6 Å². The summed E-state index contributed by atoms with van der Waals surface area (Å²) in [4.78, 5) is 24.8. The first-order chi connectivity index (χ1) is 17.6. The fraction of sp³-hybridized carbons (Fsp3) is 0.577. The Morgan fingerprint density at radius 2 is 1.95 bits per heavy atom. The topological polar surface area (TPSA) is 117 Å². The molecule has 11 heteroatoms. The van der Waals surface area contributed by atoms with Crippen LogP contribution < -0.4 is 10.6 Å². The number of aromatic nitrogens is 2. The summed E-state index contributed by atoms with van der Waals surface area (Å²) < 4.78 is 33.4. The fourth-order valence-electron chi connectivity index (χ4n) is 5.42. The lowest BCUT2D eigenvalue weighted by Gasteiger charge is -2.36. The summed E-state index contributed by atoms with van der Waals surface area (Å²) in [7, 11) is -3.62. The number of rotatable bonds is 5. The molecule has 0 radical (unpaired) electrons. The zero-order valence-electron chi connectivity index (χ0n) is 21.7. The third kappa shape index (κ3) is 5.30. The van der Waals surface area contributed by atoms with Gasteiger partial charge < -0.3 is 20.3 Å². The third-order valence-corrected chi connectivity index (χ3v) is 9.51. The van der Waals surface area contributed by atoms with Gasteiger partial charge in [-0.25, -0.2) is 23.2 Å². The maximum atomic E-state index is 13.4. The molecule has 0 bridgehead atoms. The molecule has 1 atom stereocenters. The van der Waals surface area contributed by atoms with Gasteiger partial charge in [-0.05, 0) is 64.2 Å². The molecule has 0 unspecified atom stereocenters. The molecule has 2 aromatic rings. The van der Waals surface area contributed by atoms with E-state index in [1.54, 1.807) is 23.1 Å². The summed E-state index contributed by atoms with van der Waals surface area (Å²) in [5.74, 6) is 0.577. The Labute approximate surface area is 218 Å². The predicted molar refractivity (Wildman–Crippen MR) is 140 cm³/mol. The van der Waals surface area contributed by atoms with E-state index in [9.17, 15) is 13.2 Å². The van der Waals surface area contributed by atoms with Crippen LogP contribution in [0, 0.1) is 6.92 Å². The number of urea groups is 1. The largest absolute Gasteiger partial charge is 0.381 e. The first kappa shape index (κ1) is 25.9. The molecule has 0 spiro atoms. The highest BCUT2D eigenvalue weighted by atomic mass is 32.2. The van der Waals surface area contributed by atoms with E-state index in [1.165, 1.54) is 4.31 Å². The molecule has 0 saturated carbocycles. The van der Waals surface area contributed by atoms with Crippen molar-refractivity contribution < 1.29 is 17.9 Å². The monoisotopic (exact) mass is 528 g/mol. The number of benzene rings is 1. The van der Waals surface area contributed by atoms with Gasteiger partial charge in [0.1, 0.15) is 0 Å². The maximum Gasteiger partial charge on any atom is 0.318 e.